The summed E-state index contributed by atoms with van der Waals surface area (Å²) >= 11 is 1.66. The van der Waals surface area contributed by atoms with Crippen LogP contribution in [0.1, 0.15) is 12.0 Å². The Bertz CT molecular complexity index is 1010. The summed E-state index contributed by atoms with van der Waals surface area (Å²) in [5.41, 5.74) is 2.18. The Labute approximate surface area is 161 Å². The van der Waals surface area contributed by atoms with Gasteiger partial charge in [0.1, 0.15) is 5.58 Å². The molecule has 0 N–H and O–H groups in total. The molecular formula is C21H19N3O2S. The third-order valence-electron chi connectivity index (χ3n) is 4.79. The minimum absolute atomic E-state index is 0.438. The first-order chi connectivity index (χ1) is 13.3. The van der Waals surface area contributed by atoms with Gasteiger partial charge in [0.15, 0.2) is 5.76 Å². The van der Waals surface area contributed by atoms with Crippen LogP contribution in [0.3, 0.4) is 0 Å². The van der Waals surface area contributed by atoms with Crippen LogP contribution in [0.5, 0.6) is 0 Å². The van der Waals surface area contributed by atoms with Crippen molar-refractivity contribution in [2.75, 3.05) is 13.1 Å². The van der Waals surface area contributed by atoms with Crippen molar-refractivity contribution in [1.82, 2.24) is 15.1 Å². The maximum Gasteiger partial charge on any atom is 0.284 e. The Morgan fingerprint density at radius 2 is 1.85 bits per heavy atom. The molecule has 0 amide bonds. The molecule has 1 fully saturated rings. The van der Waals surface area contributed by atoms with Gasteiger partial charge >= 0.3 is 0 Å². The zero-order valence-corrected chi connectivity index (χ0v) is 15.6. The van der Waals surface area contributed by atoms with Crippen LogP contribution in [-0.4, -0.2) is 33.4 Å². The van der Waals surface area contributed by atoms with E-state index in [1.54, 1.807) is 11.8 Å². The number of para-hydroxylation sites is 1. The average molecular weight is 377 g/mol. The van der Waals surface area contributed by atoms with Gasteiger partial charge in [-0.1, -0.05) is 60.3 Å². The molecule has 0 saturated carbocycles. The number of nitrogens with zero attached hydrogens (tertiary/aromatic N) is 3. The van der Waals surface area contributed by atoms with E-state index in [1.165, 1.54) is 5.56 Å². The summed E-state index contributed by atoms with van der Waals surface area (Å²) < 4.78 is 11.7. The van der Waals surface area contributed by atoms with Crippen LogP contribution in [0.25, 0.3) is 22.6 Å². The van der Waals surface area contributed by atoms with Gasteiger partial charge in [-0.25, -0.2) is 0 Å². The van der Waals surface area contributed by atoms with Crippen molar-refractivity contribution in [2.24, 2.45) is 0 Å². The molecule has 6 heteroatoms. The van der Waals surface area contributed by atoms with Crippen molar-refractivity contribution in [3.8, 4) is 11.7 Å². The highest BCUT2D eigenvalue weighted by atomic mass is 32.2. The normalized spacial score (nSPS) is 17.7. The first-order valence-corrected chi connectivity index (χ1v) is 9.97. The van der Waals surface area contributed by atoms with Gasteiger partial charge in [0.05, 0.1) is 0 Å². The van der Waals surface area contributed by atoms with Gasteiger partial charge in [-0.2, -0.15) is 0 Å². The van der Waals surface area contributed by atoms with E-state index in [-0.39, 0.29) is 0 Å². The molecule has 0 radical (unpaired) electrons. The zero-order chi connectivity index (χ0) is 18.1. The number of thioether (sulfide) groups is 1. The molecular weight excluding hydrogens is 358 g/mol. The monoisotopic (exact) mass is 377 g/mol. The quantitative estimate of drug-likeness (QED) is 0.496. The molecule has 0 bridgehead atoms. The number of fused-ring (bicyclic) bond motifs is 1. The first kappa shape index (κ1) is 16.6. The van der Waals surface area contributed by atoms with E-state index in [0.717, 1.165) is 37.0 Å². The second-order valence-electron chi connectivity index (χ2n) is 6.77. The van der Waals surface area contributed by atoms with Crippen molar-refractivity contribution in [3.63, 3.8) is 0 Å². The molecule has 1 atom stereocenters. The summed E-state index contributed by atoms with van der Waals surface area (Å²) in [4.78, 5) is 2.48. The molecule has 5 rings (SSSR count). The highest BCUT2D eigenvalue weighted by Crippen LogP contribution is 2.33. The van der Waals surface area contributed by atoms with E-state index < -0.39 is 0 Å². The fourth-order valence-electron chi connectivity index (χ4n) is 3.47. The number of likely N-dealkylation sites (tertiary alicyclic amines) is 1. The third kappa shape index (κ3) is 3.63. The third-order valence-corrected chi connectivity index (χ3v) is 5.87. The second kappa shape index (κ2) is 7.21. The van der Waals surface area contributed by atoms with E-state index in [0.29, 0.717) is 22.1 Å². The minimum atomic E-state index is 0.438. The van der Waals surface area contributed by atoms with Gasteiger partial charge in [-0.05, 0) is 30.7 Å². The minimum Gasteiger partial charge on any atom is -0.451 e. The van der Waals surface area contributed by atoms with Crippen LogP contribution >= 0.6 is 11.8 Å². The van der Waals surface area contributed by atoms with E-state index in [4.69, 9.17) is 8.83 Å². The Morgan fingerprint density at radius 3 is 2.74 bits per heavy atom. The molecule has 1 aliphatic rings. The Morgan fingerprint density at radius 1 is 1.00 bits per heavy atom. The van der Waals surface area contributed by atoms with Gasteiger partial charge in [-0.3, -0.25) is 4.90 Å². The van der Waals surface area contributed by atoms with Crippen LogP contribution in [0.4, 0.5) is 0 Å². The molecule has 0 aliphatic carbocycles. The molecule has 0 spiro atoms. The van der Waals surface area contributed by atoms with E-state index in [1.807, 2.05) is 30.3 Å². The standard InChI is InChI=1S/C21H19N3O2S/c1-2-6-15(7-3-1)13-24-11-10-17(14-24)27-21-23-22-20(26-21)19-12-16-8-4-5-9-18(16)25-19/h1-9,12,17H,10-11,13-14H2. The van der Waals surface area contributed by atoms with E-state index in [9.17, 15) is 0 Å². The zero-order valence-electron chi connectivity index (χ0n) is 14.7. The fraction of sp³-hybridized carbons (Fsp3) is 0.238. The highest BCUT2D eigenvalue weighted by molar-refractivity contribution is 7.99. The highest BCUT2D eigenvalue weighted by Gasteiger charge is 2.25. The summed E-state index contributed by atoms with van der Waals surface area (Å²) in [5.74, 6) is 1.06. The number of hydrogen-bond donors (Lipinski definition) is 0. The molecule has 1 unspecified atom stereocenters. The lowest BCUT2D eigenvalue weighted by Gasteiger charge is -2.15. The van der Waals surface area contributed by atoms with Crippen LogP contribution in [-0.2, 0) is 6.54 Å². The van der Waals surface area contributed by atoms with Crippen LogP contribution in [0.2, 0.25) is 0 Å². The number of aromatic nitrogens is 2. The number of hydrogen-bond acceptors (Lipinski definition) is 6. The lowest BCUT2D eigenvalue weighted by Crippen LogP contribution is -2.20. The fourth-order valence-corrected chi connectivity index (χ4v) is 4.47. The summed E-state index contributed by atoms with van der Waals surface area (Å²) in [5, 5.41) is 10.5. The maximum absolute atomic E-state index is 5.84. The summed E-state index contributed by atoms with van der Waals surface area (Å²) in [6, 6.07) is 20.4. The summed E-state index contributed by atoms with van der Waals surface area (Å²) in [7, 11) is 0. The van der Waals surface area contributed by atoms with Gasteiger partial charge in [0.25, 0.3) is 11.1 Å². The molecule has 2 aromatic carbocycles. The van der Waals surface area contributed by atoms with Crippen molar-refractivity contribution >= 4 is 22.7 Å². The second-order valence-corrected chi connectivity index (χ2v) is 8.02. The number of furan rings is 1. The van der Waals surface area contributed by atoms with Crippen molar-refractivity contribution in [1.29, 1.82) is 0 Å². The summed E-state index contributed by atoms with van der Waals surface area (Å²) in [6.07, 6.45) is 1.12. The van der Waals surface area contributed by atoms with Crippen LogP contribution in [0.15, 0.2) is 74.7 Å². The number of benzene rings is 2. The molecule has 4 aromatic rings. The van der Waals surface area contributed by atoms with Gasteiger partial charge in [0, 0.05) is 23.7 Å². The van der Waals surface area contributed by atoms with Crippen LogP contribution in [0, 0.1) is 0 Å². The van der Waals surface area contributed by atoms with Crippen molar-refractivity contribution in [2.45, 2.75) is 23.4 Å². The van der Waals surface area contributed by atoms with Gasteiger partial charge in [-0.15, -0.1) is 10.2 Å². The topological polar surface area (TPSA) is 55.3 Å². The molecule has 1 aliphatic heterocycles. The molecule has 136 valence electrons. The molecule has 5 nitrogen and oxygen atoms in total. The van der Waals surface area contributed by atoms with Gasteiger partial charge < -0.3 is 8.83 Å². The predicted molar refractivity (Wildman–Crippen MR) is 105 cm³/mol. The van der Waals surface area contributed by atoms with Crippen molar-refractivity contribution in [3.05, 3.63) is 66.2 Å². The Hall–Kier alpha value is -2.57. The lowest BCUT2D eigenvalue weighted by atomic mass is 10.2. The van der Waals surface area contributed by atoms with E-state index >= 15 is 0 Å². The predicted octanol–water partition coefficient (Wildman–Crippen LogP) is 4.85. The van der Waals surface area contributed by atoms with Crippen molar-refractivity contribution < 1.29 is 8.83 Å². The maximum atomic E-state index is 5.84. The van der Waals surface area contributed by atoms with Crippen LogP contribution < -0.4 is 0 Å². The van der Waals surface area contributed by atoms with E-state index in [2.05, 4.69) is 45.4 Å². The Balaban J connectivity index is 1.23. The van der Waals surface area contributed by atoms with Gasteiger partial charge in [0.2, 0.25) is 0 Å². The number of rotatable bonds is 5. The first-order valence-electron chi connectivity index (χ1n) is 9.09. The largest absolute Gasteiger partial charge is 0.451 e. The molecule has 2 aromatic heterocycles. The Kier molecular flexibility index (Phi) is 4.43. The smallest absolute Gasteiger partial charge is 0.284 e. The molecule has 27 heavy (non-hydrogen) atoms. The lowest BCUT2D eigenvalue weighted by molar-refractivity contribution is 0.332. The molecule has 1 saturated heterocycles. The average Bonchev–Trinajstić information content (AvgIpc) is 3.42. The SMILES string of the molecule is c1ccc(CN2CCC(Sc3nnc(-c4cc5ccccc5o4)o3)C2)cc1. The molecule has 3 heterocycles. The summed E-state index contributed by atoms with van der Waals surface area (Å²) in [6.45, 7) is 3.12.